The highest BCUT2D eigenvalue weighted by Crippen LogP contribution is 2.24. The number of ether oxygens (including phenoxy) is 1. The second-order valence-electron chi connectivity index (χ2n) is 4.66. The van der Waals surface area contributed by atoms with Gasteiger partial charge in [-0.25, -0.2) is 0 Å². The third-order valence-electron chi connectivity index (χ3n) is 3.33. The van der Waals surface area contributed by atoms with Gasteiger partial charge in [0.25, 0.3) is 0 Å². The summed E-state index contributed by atoms with van der Waals surface area (Å²) < 4.78 is 5.80. The second kappa shape index (κ2) is 5.13. The average Bonchev–Trinajstić information content (AvgIpc) is 2.46. The van der Waals surface area contributed by atoms with E-state index in [9.17, 15) is 0 Å². The number of nitrogens with one attached hydrogen (secondary N) is 1. The molecule has 0 aromatic heterocycles. The van der Waals surface area contributed by atoms with Crippen LogP contribution in [0.15, 0.2) is 54.6 Å². The summed E-state index contributed by atoms with van der Waals surface area (Å²) in [5.74, 6) is 0.943. The number of hydrogen-bond acceptors (Lipinski definition) is 2. The minimum Gasteiger partial charge on any atom is -0.491 e. The molecule has 0 radical (unpaired) electrons. The van der Waals surface area contributed by atoms with Gasteiger partial charge in [-0.3, -0.25) is 0 Å². The van der Waals surface area contributed by atoms with Crippen molar-refractivity contribution >= 4 is 5.69 Å². The van der Waals surface area contributed by atoms with E-state index < -0.39 is 0 Å². The summed E-state index contributed by atoms with van der Waals surface area (Å²) >= 11 is 0. The smallest absolute Gasteiger partial charge is 0.119 e. The van der Waals surface area contributed by atoms with Gasteiger partial charge in [-0.1, -0.05) is 36.4 Å². The van der Waals surface area contributed by atoms with Gasteiger partial charge < -0.3 is 10.1 Å². The number of fused-ring (bicyclic) bond motifs is 1. The summed E-state index contributed by atoms with van der Waals surface area (Å²) in [6, 6.07) is 18.9. The normalized spacial score (nSPS) is 17.7. The van der Waals surface area contributed by atoms with Crippen LogP contribution in [0.2, 0.25) is 0 Å². The molecule has 2 aromatic carbocycles. The average molecular weight is 239 g/mol. The van der Waals surface area contributed by atoms with Crippen molar-refractivity contribution in [2.75, 3.05) is 11.9 Å². The molecule has 3 rings (SSSR count). The summed E-state index contributed by atoms with van der Waals surface area (Å²) in [7, 11) is 0. The maximum absolute atomic E-state index is 5.80. The molecular formula is C16H17NO. The molecule has 1 atom stereocenters. The predicted molar refractivity (Wildman–Crippen MR) is 74.1 cm³/mol. The highest BCUT2D eigenvalue weighted by molar-refractivity contribution is 5.53. The van der Waals surface area contributed by atoms with Crippen molar-refractivity contribution in [1.29, 1.82) is 0 Å². The molecule has 2 nitrogen and oxygen atoms in total. The molecule has 92 valence electrons. The van der Waals surface area contributed by atoms with E-state index in [1.807, 2.05) is 30.3 Å². The Morgan fingerprint density at radius 1 is 1.00 bits per heavy atom. The van der Waals surface area contributed by atoms with E-state index in [4.69, 9.17) is 4.74 Å². The number of aryl methyl sites for hydroxylation is 1. The monoisotopic (exact) mass is 239 g/mol. The summed E-state index contributed by atoms with van der Waals surface area (Å²) in [5.41, 5.74) is 2.67. The van der Waals surface area contributed by atoms with Crippen LogP contribution < -0.4 is 10.1 Å². The van der Waals surface area contributed by atoms with Gasteiger partial charge in [0.1, 0.15) is 12.4 Å². The zero-order chi connectivity index (χ0) is 12.2. The molecule has 1 aliphatic rings. The van der Waals surface area contributed by atoms with Crippen LogP contribution in [0.4, 0.5) is 5.69 Å². The van der Waals surface area contributed by atoms with Crippen molar-refractivity contribution in [3.8, 4) is 5.75 Å². The summed E-state index contributed by atoms with van der Waals surface area (Å²) in [6.45, 7) is 0.721. The van der Waals surface area contributed by atoms with E-state index in [1.54, 1.807) is 0 Å². The molecule has 2 heteroatoms. The molecule has 1 aliphatic heterocycles. The van der Waals surface area contributed by atoms with Crippen molar-refractivity contribution in [2.24, 2.45) is 0 Å². The Balaban J connectivity index is 1.60. The fraction of sp³-hybridized carbons (Fsp3) is 0.250. The molecule has 1 N–H and O–H groups in total. The Morgan fingerprint density at radius 3 is 2.67 bits per heavy atom. The molecule has 0 aliphatic carbocycles. The lowest BCUT2D eigenvalue weighted by atomic mass is 9.99. The summed E-state index contributed by atoms with van der Waals surface area (Å²) in [4.78, 5) is 0. The summed E-state index contributed by atoms with van der Waals surface area (Å²) in [5, 5.41) is 3.54. The van der Waals surface area contributed by atoms with Gasteiger partial charge in [-0.2, -0.15) is 0 Å². The van der Waals surface area contributed by atoms with Crippen LogP contribution in [0.3, 0.4) is 0 Å². The number of para-hydroxylation sites is 2. The Kier molecular flexibility index (Phi) is 3.18. The van der Waals surface area contributed by atoms with E-state index >= 15 is 0 Å². The van der Waals surface area contributed by atoms with E-state index in [0.29, 0.717) is 6.04 Å². The molecule has 1 unspecified atom stereocenters. The van der Waals surface area contributed by atoms with E-state index in [1.165, 1.54) is 11.3 Å². The predicted octanol–water partition coefficient (Wildman–Crippen LogP) is 3.49. The Hall–Kier alpha value is -1.96. The van der Waals surface area contributed by atoms with Crippen molar-refractivity contribution in [3.05, 3.63) is 60.2 Å². The van der Waals surface area contributed by atoms with Gasteiger partial charge in [0.05, 0.1) is 6.04 Å². The molecule has 0 fully saturated rings. The largest absolute Gasteiger partial charge is 0.491 e. The first-order valence-electron chi connectivity index (χ1n) is 6.44. The van der Waals surface area contributed by atoms with Crippen LogP contribution in [0.5, 0.6) is 5.75 Å². The van der Waals surface area contributed by atoms with Crippen LogP contribution >= 0.6 is 0 Å². The van der Waals surface area contributed by atoms with E-state index in [-0.39, 0.29) is 0 Å². The fourth-order valence-corrected chi connectivity index (χ4v) is 2.34. The molecule has 0 spiro atoms. The first-order valence-corrected chi connectivity index (χ1v) is 6.44. The van der Waals surface area contributed by atoms with Crippen LogP contribution in [0, 0.1) is 0 Å². The lowest BCUT2D eigenvalue weighted by Crippen LogP contribution is -2.31. The van der Waals surface area contributed by atoms with Gasteiger partial charge in [0.15, 0.2) is 0 Å². The highest BCUT2D eigenvalue weighted by Gasteiger charge is 2.17. The fourth-order valence-electron chi connectivity index (χ4n) is 2.34. The summed E-state index contributed by atoms with van der Waals surface area (Å²) in [6.07, 6.45) is 2.26. The van der Waals surface area contributed by atoms with Crippen molar-refractivity contribution in [1.82, 2.24) is 0 Å². The Labute approximate surface area is 108 Å². The molecule has 0 amide bonds. The van der Waals surface area contributed by atoms with Crippen molar-refractivity contribution < 1.29 is 4.74 Å². The molecule has 0 bridgehead atoms. The topological polar surface area (TPSA) is 21.3 Å². The van der Waals surface area contributed by atoms with Crippen LogP contribution in [-0.4, -0.2) is 12.6 Å². The molecule has 1 heterocycles. The first-order chi connectivity index (χ1) is 8.92. The molecule has 2 aromatic rings. The quantitative estimate of drug-likeness (QED) is 0.885. The highest BCUT2D eigenvalue weighted by atomic mass is 16.5. The van der Waals surface area contributed by atoms with Gasteiger partial charge in [-0.05, 0) is 36.6 Å². The molecular weight excluding hydrogens is 222 g/mol. The van der Waals surface area contributed by atoms with Gasteiger partial charge in [0, 0.05) is 5.69 Å². The van der Waals surface area contributed by atoms with Crippen molar-refractivity contribution in [3.63, 3.8) is 0 Å². The number of anilines is 1. The minimum atomic E-state index is 0.403. The third-order valence-corrected chi connectivity index (χ3v) is 3.33. The van der Waals surface area contributed by atoms with Gasteiger partial charge in [0.2, 0.25) is 0 Å². The van der Waals surface area contributed by atoms with Gasteiger partial charge in [-0.15, -0.1) is 0 Å². The lowest BCUT2D eigenvalue weighted by molar-refractivity contribution is 0.289. The van der Waals surface area contributed by atoms with E-state index in [2.05, 4.69) is 29.6 Å². The SMILES string of the molecule is c1ccc(OCC2CCc3ccccc3N2)cc1. The number of benzene rings is 2. The lowest BCUT2D eigenvalue weighted by Gasteiger charge is -2.26. The molecule has 18 heavy (non-hydrogen) atoms. The van der Waals surface area contributed by atoms with E-state index in [0.717, 1.165) is 25.2 Å². The molecule has 0 saturated heterocycles. The first kappa shape index (κ1) is 11.1. The van der Waals surface area contributed by atoms with Gasteiger partial charge >= 0.3 is 0 Å². The van der Waals surface area contributed by atoms with Crippen LogP contribution in [-0.2, 0) is 6.42 Å². The third kappa shape index (κ3) is 2.48. The zero-order valence-corrected chi connectivity index (χ0v) is 10.3. The Morgan fingerprint density at radius 2 is 1.78 bits per heavy atom. The van der Waals surface area contributed by atoms with Crippen molar-refractivity contribution in [2.45, 2.75) is 18.9 Å². The number of hydrogen-bond donors (Lipinski definition) is 1. The van der Waals surface area contributed by atoms with Crippen LogP contribution in [0.25, 0.3) is 0 Å². The second-order valence-corrected chi connectivity index (χ2v) is 4.66. The Bertz CT molecular complexity index is 510. The maximum atomic E-state index is 5.80. The van der Waals surface area contributed by atoms with Crippen LogP contribution in [0.1, 0.15) is 12.0 Å². The standard InChI is InChI=1S/C16H17NO/c1-2-7-15(8-3-1)18-12-14-11-10-13-6-4-5-9-16(13)17-14/h1-9,14,17H,10-12H2. The zero-order valence-electron chi connectivity index (χ0n) is 10.3. The number of rotatable bonds is 3. The minimum absolute atomic E-state index is 0.403. The maximum Gasteiger partial charge on any atom is 0.119 e. The molecule has 0 saturated carbocycles.